The van der Waals surface area contributed by atoms with Crippen LogP contribution < -0.4 is 0 Å². The lowest BCUT2D eigenvalue weighted by Gasteiger charge is -2.20. The monoisotopic (exact) mass is 474 g/mol. The van der Waals surface area contributed by atoms with Crippen molar-refractivity contribution in [1.82, 2.24) is 0 Å². The maximum absolute atomic E-state index is 15.0. The fraction of sp³-hybridized carbons (Fsp3) is 0.312. The van der Waals surface area contributed by atoms with Gasteiger partial charge in [-0.1, -0.05) is 86.5 Å². The molecule has 0 heterocycles. The van der Waals surface area contributed by atoms with E-state index in [9.17, 15) is 8.78 Å². The fourth-order valence-electron chi connectivity index (χ4n) is 4.91. The third kappa shape index (κ3) is 5.78. The lowest BCUT2D eigenvalue weighted by atomic mass is 9.86. The predicted molar refractivity (Wildman–Crippen MR) is 141 cm³/mol. The van der Waals surface area contributed by atoms with Crippen LogP contribution in [-0.4, -0.2) is 0 Å². The number of benzene rings is 3. The molecule has 4 rings (SSSR count). The van der Waals surface area contributed by atoms with Gasteiger partial charge in [-0.05, 0) is 78.8 Å². The Morgan fingerprint density at radius 3 is 2.20 bits per heavy atom. The average molecular weight is 475 g/mol. The largest absolute Gasteiger partial charge is 0.206 e. The molecule has 3 aromatic carbocycles. The van der Waals surface area contributed by atoms with Crippen molar-refractivity contribution in [2.45, 2.75) is 58.8 Å². The first kappa shape index (κ1) is 25.0. The molecule has 0 saturated heterocycles. The van der Waals surface area contributed by atoms with Gasteiger partial charge in [0.05, 0.1) is 0 Å². The van der Waals surface area contributed by atoms with Crippen LogP contribution in [0.4, 0.5) is 13.2 Å². The van der Waals surface area contributed by atoms with Gasteiger partial charge in [-0.2, -0.15) is 0 Å². The Bertz CT molecular complexity index is 1220. The van der Waals surface area contributed by atoms with E-state index in [-0.39, 0.29) is 11.4 Å². The van der Waals surface area contributed by atoms with Gasteiger partial charge in [-0.25, -0.2) is 13.2 Å². The van der Waals surface area contributed by atoms with E-state index in [1.54, 1.807) is 30.3 Å². The van der Waals surface area contributed by atoms with Crippen LogP contribution in [0.5, 0.6) is 0 Å². The number of unbranched alkanes of at least 4 members (excludes halogenated alkanes) is 2. The second-order valence-corrected chi connectivity index (χ2v) is 9.42. The zero-order valence-corrected chi connectivity index (χ0v) is 20.6. The number of allylic oxidation sites excluding steroid dienone is 4. The van der Waals surface area contributed by atoms with Crippen LogP contribution in [0.2, 0.25) is 0 Å². The van der Waals surface area contributed by atoms with Gasteiger partial charge in [0.15, 0.2) is 11.6 Å². The molecule has 1 aliphatic carbocycles. The SMILES string of the molecule is CC=CC1CC=C(c2ccc(-c3ccc(-c4ccc(CCCCC)c(F)c4F)cc3)cc2F)CC1. The first-order chi connectivity index (χ1) is 17.0. The molecule has 0 aliphatic heterocycles. The molecule has 182 valence electrons. The van der Waals surface area contributed by atoms with E-state index in [0.29, 0.717) is 29.0 Å². The molecule has 0 fully saturated rings. The molecule has 0 N–H and O–H groups in total. The van der Waals surface area contributed by atoms with E-state index in [2.05, 4.69) is 25.2 Å². The summed E-state index contributed by atoms with van der Waals surface area (Å²) in [5.74, 6) is -1.25. The van der Waals surface area contributed by atoms with Crippen LogP contribution in [0.25, 0.3) is 27.8 Å². The lowest BCUT2D eigenvalue weighted by Crippen LogP contribution is -2.03. The summed E-state index contributed by atoms with van der Waals surface area (Å²) >= 11 is 0. The summed E-state index contributed by atoms with van der Waals surface area (Å²) in [4.78, 5) is 0. The summed E-state index contributed by atoms with van der Waals surface area (Å²) in [6, 6.07) is 15.9. The standard InChI is InChI=1S/C32H33F3/c1-3-5-6-8-26-17-20-29(32(35)31(26)34)25-15-13-23(14-16-25)27-18-19-28(30(33)21-27)24-11-9-22(7-4-2)10-12-24/h4,7,11,13-22H,3,5-6,8-10,12H2,1-2H3. The van der Waals surface area contributed by atoms with Crippen LogP contribution in [0.3, 0.4) is 0 Å². The van der Waals surface area contributed by atoms with Crippen LogP contribution >= 0.6 is 0 Å². The van der Waals surface area contributed by atoms with Crippen molar-refractivity contribution in [2.24, 2.45) is 5.92 Å². The maximum Gasteiger partial charge on any atom is 0.166 e. The summed E-state index contributed by atoms with van der Waals surface area (Å²) in [6.45, 7) is 4.12. The summed E-state index contributed by atoms with van der Waals surface area (Å²) in [5.41, 5.74) is 4.61. The first-order valence-electron chi connectivity index (χ1n) is 12.7. The van der Waals surface area contributed by atoms with Crippen molar-refractivity contribution in [2.75, 3.05) is 0 Å². The Kier molecular flexibility index (Phi) is 8.28. The summed E-state index contributed by atoms with van der Waals surface area (Å²) < 4.78 is 44.4. The summed E-state index contributed by atoms with van der Waals surface area (Å²) in [7, 11) is 0. The second kappa shape index (κ2) is 11.6. The molecular weight excluding hydrogens is 441 g/mol. The van der Waals surface area contributed by atoms with Gasteiger partial charge < -0.3 is 0 Å². The quantitative estimate of drug-likeness (QED) is 0.225. The lowest BCUT2D eigenvalue weighted by molar-refractivity contribution is 0.498. The molecule has 1 atom stereocenters. The molecule has 1 aliphatic rings. The van der Waals surface area contributed by atoms with Gasteiger partial charge in [0.2, 0.25) is 0 Å². The topological polar surface area (TPSA) is 0 Å². The minimum atomic E-state index is -0.806. The molecule has 0 bridgehead atoms. The van der Waals surface area contributed by atoms with E-state index in [1.807, 2.05) is 31.2 Å². The third-order valence-corrected chi connectivity index (χ3v) is 6.97. The average Bonchev–Trinajstić information content (AvgIpc) is 2.88. The summed E-state index contributed by atoms with van der Waals surface area (Å²) in [6.07, 6.45) is 12.8. The molecular formula is C32H33F3. The van der Waals surface area contributed by atoms with Crippen LogP contribution in [0, 0.1) is 23.4 Å². The minimum Gasteiger partial charge on any atom is -0.206 e. The van der Waals surface area contributed by atoms with Gasteiger partial charge in [0.1, 0.15) is 5.82 Å². The van der Waals surface area contributed by atoms with Gasteiger partial charge in [0, 0.05) is 11.1 Å². The van der Waals surface area contributed by atoms with Crippen molar-refractivity contribution in [3.8, 4) is 22.3 Å². The highest BCUT2D eigenvalue weighted by Crippen LogP contribution is 2.34. The van der Waals surface area contributed by atoms with Crippen molar-refractivity contribution in [3.05, 3.63) is 101 Å². The zero-order valence-electron chi connectivity index (χ0n) is 20.6. The van der Waals surface area contributed by atoms with E-state index in [4.69, 9.17) is 0 Å². The zero-order chi connectivity index (χ0) is 24.8. The second-order valence-electron chi connectivity index (χ2n) is 9.42. The van der Waals surface area contributed by atoms with Gasteiger partial charge >= 0.3 is 0 Å². The molecule has 35 heavy (non-hydrogen) atoms. The van der Waals surface area contributed by atoms with Crippen molar-refractivity contribution >= 4 is 5.57 Å². The fourth-order valence-corrected chi connectivity index (χ4v) is 4.91. The maximum atomic E-state index is 15.0. The van der Waals surface area contributed by atoms with E-state index in [0.717, 1.165) is 55.2 Å². The highest BCUT2D eigenvalue weighted by atomic mass is 19.2. The molecule has 0 spiro atoms. The van der Waals surface area contributed by atoms with Gasteiger partial charge in [0.25, 0.3) is 0 Å². The smallest absolute Gasteiger partial charge is 0.166 e. The highest BCUT2D eigenvalue weighted by Gasteiger charge is 2.17. The number of halogens is 3. The molecule has 3 heteroatoms. The third-order valence-electron chi connectivity index (χ3n) is 6.97. The van der Waals surface area contributed by atoms with Crippen LogP contribution in [-0.2, 0) is 6.42 Å². The van der Waals surface area contributed by atoms with Crippen molar-refractivity contribution in [3.63, 3.8) is 0 Å². The first-order valence-corrected chi connectivity index (χ1v) is 12.7. The predicted octanol–water partition coefficient (Wildman–Crippen LogP) is 9.93. The highest BCUT2D eigenvalue weighted by molar-refractivity contribution is 5.74. The van der Waals surface area contributed by atoms with Crippen LogP contribution in [0.1, 0.15) is 63.5 Å². The van der Waals surface area contributed by atoms with Crippen molar-refractivity contribution < 1.29 is 13.2 Å². The Balaban J connectivity index is 1.51. The minimum absolute atomic E-state index is 0.228. The van der Waals surface area contributed by atoms with E-state index >= 15 is 4.39 Å². The Morgan fingerprint density at radius 1 is 0.829 bits per heavy atom. The van der Waals surface area contributed by atoms with E-state index in [1.165, 1.54) is 0 Å². The van der Waals surface area contributed by atoms with Crippen LogP contribution in [0.15, 0.2) is 72.8 Å². The molecule has 1 unspecified atom stereocenters. The molecule has 0 nitrogen and oxygen atoms in total. The normalized spacial score (nSPS) is 16.0. The number of hydrogen-bond donors (Lipinski definition) is 0. The summed E-state index contributed by atoms with van der Waals surface area (Å²) in [5, 5.41) is 0. The number of aryl methyl sites for hydroxylation is 1. The Hall–Kier alpha value is -3.07. The number of hydrogen-bond acceptors (Lipinski definition) is 0. The Labute approximate surface area is 207 Å². The van der Waals surface area contributed by atoms with Gasteiger partial charge in [-0.15, -0.1) is 0 Å². The van der Waals surface area contributed by atoms with E-state index < -0.39 is 11.6 Å². The van der Waals surface area contributed by atoms with Gasteiger partial charge in [-0.3, -0.25) is 0 Å². The van der Waals surface area contributed by atoms with Crippen molar-refractivity contribution in [1.29, 1.82) is 0 Å². The number of rotatable bonds is 8. The molecule has 0 saturated carbocycles. The molecule has 0 aromatic heterocycles. The molecule has 0 amide bonds. The molecule has 0 radical (unpaired) electrons. The molecule has 3 aromatic rings. The Morgan fingerprint density at radius 2 is 1.54 bits per heavy atom.